The number of hydrogen-bond donors (Lipinski definition) is 2. The highest BCUT2D eigenvalue weighted by molar-refractivity contribution is 8.51. The van der Waals surface area contributed by atoms with E-state index in [-0.39, 0.29) is 6.15 Å². The SMILES string of the molecule is C[SH](C)(C)(C)C#N.N. The molecule has 0 aliphatic carbocycles. The summed E-state index contributed by atoms with van der Waals surface area (Å²) in [7, 11) is -1.77. The van der Waals surface area contributed by atoms with Crippen LogP contribution in [-0.2, 0) is 0 Å². The molecular formula is C5H16N2S. The minimum atomic E-state index is -1.77. The zero-order valence-corrected chi connectivity index (χ0v) is 7.00. The van der Waals surface area contributed by atoms with Crippen molar-refractivity contribution in [1.82, 2.24) is 6.15 Å². The number of thiol groups is 1. The van der Waals surface area contributed by atoms with E-state index in [9.17, 15) is 0 Å². The van der Waals surface area contributed by atoms with Gasteiger partial charge in [-0.1, -0.05) is 0 Å². The second-order valence-corrected chi connectivity index (χ2v) is 11.0. The van der Waals surface area contributed by atoms with E-state index in [4.69, 9.17) is 5.26 Å². The number of hydrogen-bond acceptors (Lipinski definition) is 2. The summed E-state index contributed by atoms with van der Waals surface area (Å²) in [6.45, 7) is 0. The summed E-state index contributed by atoms with van der Waals surface area (Å²) in [5.41, 5.74) is 0. The minimum Gasteiger partial charge on any atom is -0.344 e. The average Bonchev–Trinajstić information content (AvgIpc) is 1.32. The monoisotopic (exact) mass is 136 g/mol. The van der Waals surface area contributed by atoms with Crippen LogP contribution in [0.1, 0.15) is 0 Å². The predicted molar refractivity (Wildman–Crippen MR) is 43.3 cm³/mol. The Kier molecular flexibility index (Phi) is 2.63. The van der Waals surface area contributed by atoms with Crippen molar-refractivity contribution >= 4 is 9.16 Å². The summed E-state index contributed by atoms with van der Waals surface area (Å²) >= 11 is 0. The van der Waals surface area contributed by atoms with Crippen LogP contribution in [0.3, 0.4) is 0 Å². The van der Waals surface area contributed by atoms with Gasteiger partial charge in [0, 0.05) is 0 Å². The van der Waals surface area contributed by atoms with E-state index in [1.54, 1.807) is 0 Å². The van der Waals surface area contributed by atoms with E-state index < -0.39 is 9.16 Å². The molecule has 2 nitrogen and oxygen atoms in total. The lowest BCUT2D eigenvalue weighted by molar-refractivity contribution is 1.55. The molecule has 0 aliphatic rings. The van der Waals surface area contributed by atoms with Crippen LogP contribution in [0, 0.1) is 10.7 Å². The number of nitriles is 1. The average molecular weight is 136 g/mol. The Hall–Kier alpha value is -0.200. The van der Waals surface area contributed by atoms with E-state index in [1.165, 1.54) is 0 Å². The minimum absolute atomic E-state index is 0. The van der Waals surface area contributed by atoms with E-state index in [1.807, 2.05) is 25.0 Å². The third kappa shape index (κ3) is 9.25. The van der Waals surface area contributed by atoms with Gasteiger partial charge in [-0.3, -0.25) is 0 Å². The molecule has 0 spiro atoms. The molecule has 0 saturated carbocycles. The molecule has 0 atom stereocenters. The summed E-state index contributed by atoms with van der Waals surface area (Å²) < 4.78 is 0. The highest BCUT2D eigenvalue weighted by Gasteiger charge is 2.14. The van der Waals surface area contributed by atoms with E-state index in [2.05, 4.69) is 5.40 Å². The first-order valence-electron chi connectivity index (χ1n) is 2.24. The molecule has 0 fully saturated rings. The zero-order valence-electron chi connectivity index (χ0n) is 6.10. The van der Waals surface area contributed by atoms with Gasteiger partial charge in [0.1, 0.15) is 0 Å². The van der Waals surface area contributed by atoms with Crippen LogP contribution in [-0.4, -0.2) is 25.0 Å². The molecule has 0 radical (unpaired) electrons. The number of thiocyanates is 1. The maximum Gasteiger partial charge on any atom is 0.0953 e. The Labute approximate surface area is 51.8 Å². The van der Waals surface area contributed by atoms with E-state index in [0.717, 1.165) is 0 Å². The highest BCUT2D eigenvalue weighted by atomic mass is 32.3. The van der Waals surface area contributed by atoms with Gasteiger partial charge in [-0.25, -0.2) is 9.16 Å². The number of nitrogens with zero attached hydrogens (tertiary/aromatic N) is 1. The fourth-order valence-corrected chi connectivity index (χ4v) is 0. The summed E-state index contributed by atoms with van der Waals surface area (Å²) in [5.74, 6) is 0. The van der Waals surface area contributed by atoms with Gasteiger partial charge in [0.05, 0.1) is 5.40 Å². The summed E-state index contributed by atoms with van der Waals surface area (Å²) in [6, 6.07) is 0. The van der Waals surface area contributed by atoms with Crippen LogP contribution in [0.5, 0.6) is 0 Å². The molecule has 0 heterocycles. The molecule has 0 saturated heterocycles. The van der Waals surface area contributed by atoms with Gasteiger partial charge in [-0.05, 0) is 25.0 Å². The van der Waals surface area contributed by atoms with Gasteiger partial charge < -0.3 is 6.15 Å². The lowest BCUT2D eigenvalue weighted by Crippen LogP contribution is -2.05. The van der Waals surface area contributed by atoms with Crippen molar-refractivity contribution in [3.63, 3.8) is 0 Å². The number of rotatable bonds is 0. The van der Waals surface area contributed by atoms with Crippen molar-refractivity contribution in [2.24, 2.45) is 0 Å². The molecule has 0 aliphatic heterocycles. The fraction of sp³-hybridized carbons (Fsp3) is 0.800. The topological polar surface area (TPSA) is 58.8 Å². The first kappa shape index (κ1) is 10.7. The van der Waals surface area contributed by atoms with Crippen LogP contribution in [0.4, 0.5) is 0 Å². The largest absolute Gasteiger partial charge is 0.344 e. The van der Waals surface area contributed by atoms with Crippen molar-refractivity contribution in [2.75, 3.05) is 25.0 Å². The standard InChI is InChI=1S/C5H13NS.H3N/c1-7(2,3,4)5-6;/h7H,1-4H3;1H3. The highest BCUT2D eigenvalue weighted by Crippen LogP contribution is 2.53. The molecule has 0 amide bonds. The molecule has 0 bridgehead atoms. The third-order valence-electron chi connectivity index (χ3n) is 0.400. The Morgan fingerprint density at radius 2 is 1.25 bits per heavy atom. The van der Waals surface area contributed by atoms with Crippen molar-refractivity contribution in [1.29, 1.82) is 5.26 Å². The maximum absolute atomic E-state index is 8.47. The summed E-state index contributed by atoms with van der Waals surface area (Å²) in [6.07, 6.45) is 8.13. The second kappa shape index (κ2) is 1.96. The van der Waals surface area contributed by atoms with Gasteiger partial charge in [0.2, 0.25) is 0 Å². The second-order valence-electron chi connectivity index (χ2n) is 3.68. The summed E-state index contributed by atoms with van der Waals surface area (Å²) in [4.78, 5) is 0. The lowest BCUT2D eigenvalue weighted by atomic mass is 11.7. The Morgan fingerprint density at radius 3 is 1.25 bits per heavy atom. The molecule has 0 unspecified atom stereocenters. The van der Waals surface area contributed by atoms with E-state index in [0.29, 0.717) is 0 Å². The molecule has 8 heavy (non-hydrogen) atoms. The van der Waals surface area contributed by atoms with Gasteiger partial charge in [-0.15, -0.1) is 0 Å². The van der Waals surface area contributed by atoms with E-state index >= 15 is 0 Å². The van der Waals surface area contributed by atoms with Crippen LogP contribution in [0.25, 0.3) is 0 Å². The van der Waals surface area contributed by atoms with Crippen molar-refractivity contribution in [3.8, 4) is 5.40 Å². The van der Waals surface area contributed by atoms with Crippen LogP contribution in [0.2, 0.25) is 0 Å². The molecule has 0 rings (SSSR count). The van der Waals surface area contributed by atoms with Crippen molar-refractivity contribution in [3.05, 3.63) is 0 Å². The van der Waals surface area contributed by atoms with Crippen LogP contribution >= 0.6 is 9.16 Å². The summed E-state index contributed by atoms with van der Waals surface area (Å²) in [5, 5.41) is 10.8. The molecular weight excluding hydrogens is 120 g/mol. The molecule has 3 N–H and O–H groups in total. The molecule has 3 heteroatoms. The van der Waals surface area contributed by atoms with Crippen LogP contribution in [0.15, 0.2) is 0 Å². The molecule has 52 valence electrons. The quantitative estimate of drug-likeness (QED) is 0.388. The predicted octanol–water partition coefficient (Wildman–Crippen LogP) is 1.22. The Morgan fingerprint density at radius 1 is 1.12 bits per heavy atom. The molecule has 0 aromatic carbocycles. The van der Waals surface area contributed by atoms with Crippen molar-refractivity contribution in [2.45, 2.75) is 0 Å². The van der Waals surface area contributed by atoms with Crippen molar-refractivity contribution < 1.29 is 0 Å². The molecule has 0 aromatic heterocycles. The first-order chi connectivity index (χ1) is 2.81. The van der Waals surface area contributed by atoms with Gasteiger partial charge in [0.15, 0.2) is 0 Å². The maximum atomic E-state index is 8.47. The Bertz CT molecular complexity index is 105. The lowest BCUT2D eigenvalue weighted by Gasteiger charge is -2.37. The van der Waals surface area contributed by atoms with Crippen LogP contribution < -0.4 is 6.15 Å². The third-order valence-corrected chi connectivity index (χ3v) is 1.20. The van der Waals surface area contributed by atoms with Gasteiger partial charge in [-0.2, -0.15) is 5.26 Å². The smallest absolute Gasteiger partial charge is 0.0953 e. The first-order valence-corrected chi connectivity index (χ1v) is 6.26. The zero-order chi connectivity index (χ0) is 6.15. The van der Waals surface area contributed by atoms with Gasteiger partial charge >= 0.3 is 0 Å². The molecule has 0 aromatic rings. The Balaban J connectivity index is 0. The normalized spacial score (nSPS) is 14.6. The van der Waals surface area contributed by atoms with Gasteiger partial charge in [0.25, 0.3) is 0 Å². The fourth-order valence-electron chi connectivity index (χ4n) is 0.